The number of benzene rings is 1. The topological polar surface area (TPSA) is 33.3 Å². The highest BCUT2D eigenvalue weighted by Gasteiger charge is 2.01. The van der Waals surface area contributed by atoms with Crippen LogP contribution in [0.2, 0.25) is 10.0 Å². The molecule has 19 heavy (non-hydrogen) atoms. The average molecular weight is 321 g/mol. The molecule has 0 spiro atoms. The average Bonchev–Trinajstić information content (AvgIpc) is 2.26. The molecule has 0 aliphatic heterocycles. The molecular formula is C13H18Cl2N2OS. The number of nitrogens with one attached hydrogen (secondary N) is 2. The van der Waals surface area contributed by atoms with Crippen molar-refractivity contribution in [2.24, 2.45) is 0 Å². The summed E-state index contributed by atoms with van der Waals surface area (Å²) in [5, 5.41) is 7.82. The van der Waals surface area contributed by atoms with Crippen molar-refractivity contribution in [2.75, 3.05) is 18.5 Å². The molecule has 0 atom stereocenters. The number of hydrogen-bond donors (Lipinski definition) is 2. The Morgan fingerprint density at radius 2 is 1.89 bits per heavy atom. The van der Waals surface area contributed by atoms with E-state index in [1.54, 1.807) is 18.2 Å². The molecule has 0 bridgehead atoms. The van der Waals surface area contributed by atoms with Crippen LogP contribution >= 0.6 is 35.4 Å². The summed E-state index contributed by atoms with van der Waals surface area (Å²) in [4.78, 5) is 0. The molecule has 0 heterocycles. The number of hydrogen-bond acceptors (Lipinski definition) is 2. The first-order chi connectivity index (χ1) is 8.97. The largest absolute Gasteiger partial charge is 0.379 e. The van der Waals surface area contributed by atoms with Gasteiger partial charge in [-0.3, -0.25) is 0 Å². The van der Waals surface area contributed by atoms with Gasteiger partial charge >= 0.3 is 0 Å². The van der Waals surface area contributed by atoms with Crippen LogP contribution < -0.4 is 10.6 Å². The molecule has 0 amide bonds. The monoisotopic (exact) mass is 320 g/mol. The van der Waals surface area contributed by atoms with E-state index in [-0.39, 0.29) is 6.10 Å². The van der Waals surface area contributed by atoms with Gasteiger partial charge in [-0.2, -0.15) is 0 Å². The van der Waals surface area contributed by atoms with Crippen molar-refractivity contribution in [3.63, 3.8) is 0 Å². The first-order valence-electron chi connectivity index (χ1n) is 6.10. The lowest BCUT2D eigenvalue weighted by Crippen LogP contribution is -2.30. The maximum Gasteiger partial charge on any atom is 0.170 e. The Morgan fingerprint density at radius 1 is 1.26 bits per heavy atom. The van der Waals surface area contributed by atoms with Gasteiger partial charge in [0.1, 0.15) is 0 Å². The Bertz CT molecular complexity index is 407. The van der Waals surface area contributed by atoms with Gasteiger partial charge in [-0.25, -0.2) is 0 Å². The van der Waals surface area contributed by atoms with Gasteiger partial charge < -0.3 is 15.4 Å². The van der Waals surface area contributed by atoms with Crippen molar-refractivity contribution < 1.29 is 4.74 Å². The van der Waals surface area contributed by atoms with Gasteiger partial charge in [-0.1, -0.05) is 23.2 Å². The third-order valence-electron chi connectivity index (χ3n) is 2.18. The molecular weight excluding hydrogens is 303 g/mol. The number of thiocarbonyl (C=S) groups is 1. The fourth-order valence-electron chi connectivity index (χ4n) is 1.39. The van der Waals surface area contributed by atoms with Crippen molar-refractivity contribution in [2.45, 2.75) is 26.4 Å². The summed E-state index contributed by atoms with van der Waals surface area (Å²) in [7, 11) is 0. The lowest BCUT2D eigenvalue weighted by molar-refractivity contribution is 0.0777. The third-order valence-corrected chi connectivity index (χ3v) is 2.86. The van der Waals surface area contributed by atoms with Crippen molar-refractivity contribution in [3.8, 4) is 0 Å². The fourth-order valence-corrected chi connectivity index (χ4v) is 2.14. The minimum atomic E-state index is 0.263. The molecule has 0 aromatic heterocycles. The highest BCUT2D eigenvalue weighted by molar-refractivity contribution is 7.80. The van der Waals surface area contributed by atoms with Gasteiger partial charge in [0, 0.05) is 28.9 Å². The van der Waals surface area contributed by atoms with Gasteiger partial charge in [0.05, 0.1) is 6.10 Å². The van der Waals surface area contributed by atoms with Crippen molar-refractivity contribution >= 4 is 46.2 Å². The van der Waals surface area contributed by atoms with Gasteiger partial charge in [0.15, 0.2) is 5.11 Å². The molecule has 1 aromatic carbocycles. The summed E-state index contributed by atoms with van der Waals surface area (Å²) in [6, 6.07) is 5.21. The Hall–Kier alpha value is -0.550. The van der Waals surface area contributed by atoms with E-state index in [2.05, 4.69) is 10.6 Å². The second-order valence-corrected chi connectivity index (χ2v) is 5.59. The molecule has 0 unspecified atom stereocenters. The van der Waals surface area contributed by atoms with Gasteiger partial charge in [0.25, 0.3) is 0 Å². The molecule has 0 radical (unpaired) electrons. The lowest BCUT2D eigenvalue weighted by Gasteiger charge is -2.12. The maximum atomic E-state index is 5.90. The third kappa shape index (κ3) is 7.57. The van der Waals surface area contributed by atoms with Crippen LogP contribution in [0.1, 0.15) is 20.3 Å². The number of ether oxygens (including phenoxy) is 1. The van der Waals surface area contributed by atoms with Crippen LogP contribution in [-0.2, 0) is 4.74 Å². The summed E-state index contributed by atoms with van der Waals surface area (Å²) in [6.45, 7) is 5.51. The van der Waals surface area contributed by atoms with E-state index in [0.29, 0.717) is 15.2 Å². The van der Waals surface area contributed by atoms with E-state index in [4.69, 9.17) is 40.2 Å². The van der Waals surface area contributed by atoms with E-state index in [0.717, 1.165) is 25.3 Å². The molecule has 1 rings (SSSR count). The van der Waals surface area contributed by atoms with Gasteiger partial charge in [-0.15, -0.1) is 0 Å². The molecule has 1 aromatic rings. The Morgan fingerprint density at radius 3 is 2.47 bits per heavy atom. The molecule has 0 fully saturated rings. The maximum absolute atomic E-state index is 5.90. The Balaban J connectivity index is 2.27. The van der Waals surface area contributed by atoms with Gasteiger partial charge in [0.2, 0.25) is 0 Å². The predicted molar refractivity (Wildman–Crippen MR) is 86.4 cm³/mol. The van der Waals surface area contributed by atoms with Crippen LogP contribution in [0.4, 0.5) is 5.69 Å². The zero-order valence-corrected chi connectivity index (χ0v) is 13.3. The summed E-state index contributed by atoms with van der Waals surface area (Å²) in [6.07, 6.45) is 1.16. The number of rotatable bonds is 6. The fraction of sp³-hybridized carbons (Fsp3) is 0.462. The van der Waals surface area contributed by atoms with E-state index in [1.807, 2.05) is 13.8 Å². The summed E-state index contributed by atoms with van der Waals surface area (Å²) >= 11 is 17.0. The number of anilines is 1. The molecule has 0 aliphatic rings. The minimum Gasteiger partial charge on any atom is -0.379 e. The molecule has 6 heteroatoms. The normalized spacial score (nSPS) is 10.6. The SMILES string of the molecule is CC(C)OCCCNC(=S)Nc1cc(Cl)cc(Cl)c1. The standard InChI is InChI=1S/C13H18Cl2N2OS/c1-9(2)18-5-3-4-16-13(19)17-12-7-10(14)6-11(15)8-12/h6-9H,3-5H2,1-2H3,(H2,16,17,19). The predicted octanol–water partition coefficient (Wildman–Crippen LogP) is 4.09. The summed E-state index contributed by atoms with van der Waals surface area (Å²) < 4.78 is 5.43. The first kappa shape index (κ1) is 16.5. The lowest BCUT2D eigenvalue weighted by atomic mass is 10.3. The quantitative estimate of drug-likeness (QED) is 0.611. The molecule has 0 saturated heterocycles. The van der Waals surface area contributed by atoms with Gasteiger partial charge in [-0.05, 0) is 50.7 Å². The second-order valence-electron chi connectivity index (χ2n) is 4.31. The van der Waals surface area contributed by atoms with Crippen LogP contribution in [-0.4, -0.2) is 24.4 Å². The first-order valence-corrected chi connectivity index (χ1v) is 7.26. The van der Waals surface area contributed by atoms with Crippen LogP contribution in [0.5, 0.6) is 0 Å². The van der Waals surface area contributed by atoms with E-state index < -0.39 is 0 Å². The Kier molecular flexibility index (Phi) is 7.46. The van der Waals surface area contributed by atoms with E-state index in [1.165, 1.54) is 0 Å². The zero-order chi connectivity index (χ0) is 14.3. The van der Waals surface area contributed by atoms with Crippen LogP contribution in [0.15, 0.2) is 18.2 Å². The smallest absolute Gasteiger partial charge is 0.170 e. The molecule has 3 nitrogen and oxygen atoms in total. The molecule has 0 aliphatic carbocycles. The highest BCUT2D eigenvalue weighted by Crippen LogP contribution is 2.22. The number of halogens is 2. The molecule has 2 N–H and O–H groups in total. The zero-order valence-electron chi connectivity index (χ0n) is 11.0. The van der Waals surface area contributed by atoms with Crippen LogP contribution in [0.3, 0.4) is 0 Å². The second kappa shape index (κ2) is 8.59. The molecule has 0 saturated carbocycles. The minimum absolute atomic E-state index is 0.263. The summed E-state index contributed by atoms with van der Waals surface area (Å²) in [5.74, 6) is 0. The van der Waals surface area contributed by atoms with Crippen LogP contribution in [0, 0.1) is 0 Å². The summed E-state index contributed by atoms with van der Waals surface area (Å²) in [5.41, 5.74) is 0.772. The van der Waals surface area contributed by atoms with E-state index in [9.17, 15) is 0 Å². The highest BCUT2D eigenvalue weighted by atomic mass is 35.5. The Labute approximate surface area is 129 Å². The van der Waals surface area contributed by atoms with Crippen molar-refractivity contribution in [1.29, 1.82) is 0 Å². The molecule has 106 valence electrons. The van der Waals surface area contributed by atoms with Crippen molar-refractivity contribution in [3.05, 3.63) is 28.2 Å². The van der Waals surface area contributed by atoms with E-state index >= 15 is 0 Å². The van der Waals surface area contributed by atoms with Crippen LogP contribution in [0.25, 0.3) is 0 Å². The van der Waals surface area contributed by atoms with Crippen molar-refractivity contribution in [1.82, 2.24) is 5.32 Å².